The maximum atomic E-state index is 12.4. The smallest absolute Gasteiger partial charge is 0.220 e. The van der Waals surface area contributed by atoms with Crippen molar-refractivity contribution in [3.63, 3.8) is 0 Å². The molecule has 0 spiro atoms. The van der Waals surface area contributed by atoms with Gasteiger partial charge in [-0.15, -0.1) is 0 Å². The quantitative estimate of drug-likeness (QED) is 0.0423. The van der Waals surface area contributed by atoms with Crippen LogP contribution in [0.3, 0.4) is 0 Å². The molecule has 0 aromatic carbocycles. The molecule has 0 saturated heterocycles. The van der Waals surface area contributed by atoms with Gasteiger partial charge in [0, 0.05) is 6.42 Å². The van der Waals surface area contributed by atoms with Crippen molar-refractivity contribution in [3.8, 4) is 0 Å². The summed E-state index contributed by atoms with van der Waals surface area (Å²) in [5.41, 5.74) is 0. The summed E-state index contributed by atoms with van der Waals surface area (Å²) in [6.45, 7) is 4.31. The predicted molar refractivity (Wildman–Crippen MR) is 262 cm³/mol. The minimum atomic E-state index is -0.873. The summed E-state index contributed by atoms with van der Waals surface area (Å²) in [4.78, 5) is 12.4. The number of amides is 1. The van der Waals surface area contributed by atoms with Crippen LogP contribution in [0.1, 0.15) is 277 Å². The summed E-state index contributed by atoms with van der Waals surface area (Å²) in [5.74, 6) is -0.0812. The molecule has 0 radical (unpaired) electrons. The van der Waals surface area contributed by atoms with Crippen molar-refractivity contribution in [1.29, 1.82) is 0 Å². The Balaban J connectivity index is 3.57. The highest BCUT2D eigenvalue weighted by atomic mass is 16.3. The average molecular weight is 826 g/mol. The zero-order chi connectivity index (χ0) is 42.8. The SMILES string of the molecule is CCCCCCCCC/C=C\CCCCCCCCCC(=O)NC(CO)C(O)/C=C/CC/C=C/CC/C=C/CCCCCCCCCCCCCCCCCCCCC. The van der Waals surface area contributed by atoms with Gasteiger partial charge in [0.05, 0.1) is 18.8 Å². The van der Waals surface area contributed by atoms with Crippen molar-refractivity contribution < 1.29 is 15.0 Å². The fraction of sp³-hybridized carbons (Fsp3) is 0.836. The van der Waals surface area contributed by atoms with Gasteiger partial charge >= 0.3 is 0 Å². The molecule has 2 unspecified atom stereocenters. The van der Waals surface area contributed by atoms with Crippen LogP contribution in [-0.2, 0) is 4.79 Å². The first-order valence-corrected chi connectivity index (χ1v) is 26.4. The molecule has 4 heteroatoms. The maximum Gasteiger partial charge on any atom is 0.220 e. The van der Waals surface area contributed by atoms with Gasteiger partial charge < -0.3 is 15.5 Å². The minimum absolute atomic E-state index is 0.0812. The third kappa shape index (κ3) is 47.3. The zero-order valence-corrected chi connectivity index (χ0v) is 39.8. The maximum absolute atomic E-state index is 12.4. The van der Waals surface area contributed by atoms with Gasteiger partial charge in [0.1, 0.15) is 0 Å². The second-order valence-corrected chi connectivity index (χ2v) is 17.9. The summed E-state index contributed by atoms with van der Waals surface area (Å²) in [5, 5.41) is 23.1. The van der Waals surface area contributed by atoms with E-state index in [1.807, 2.05) is 6.08 Å². The molecule has 0 fully saturated rings. The number of aliphatic hydroxyl groups excluding tert-OH is 2. The highest BCUT2D eigenvalue weighted by Gasteiger charge is 2.17. The molecule has 0 saturated carbocycles. The van der Waals surface area contributed by atoms with Gasteiger partial charge in [0.15, 0.2) is 0 Å². The molecule has 0 aliphatic rings. The number of allylic oxidation sites excluding steroid dienone is 7. The lowest BCUT2D eigenvalue weighted by atomic mass is 10.0. The van der Waals surface area contributed by atoms with E-state index in [2.05, 4.69) is 55.6 Å². The van der Waals surface area contributed by atoms with Crippen LogP contribution in [0.15, 0.2) is 48.6 Å². The lowest BCUT2D eigenvalue weighted by Gasteiger charge is -2.19. The van der Waals surface area contributed by atoms with E-state index in [1.165, 1.54) is 218 Å². The van der Waals surface area contributed by atoms with Gasteiger partial charge in [0.2, 0.25) is 5.91 Å². The molecule has 0 rings (SSSR count). The third-order valence-electron chi connectivity index (χ3n) is 12.0. The van der Waals surface area contributed by atoms with Crippen LogP contribution in [0.25, 0.3) is 0 Å². The fourth-order valence-electron chi connectivity index (χ4n) is 7.97. The number of rotatable bonds is 48. The molecular weight excluding hydrogens is 723 g/mol. The van der Waals surface area contributed by atoms with Crippen molar-refractivity contribution >= 4 is 5.91 Å². The largest absolute Gasteiger partial charge is 0.394 e. The Labute approximate surface area is 369 Å². The number of unbranched alkanes of at least 4 members (excludes halogenated alkanes) is 35. The van der Waals surface area contributed by atoms with Crippen LogP contribution in [0, 0.1) is 0 Å². The molecule has 3 N–H and O–H groups in total. The first kappa shape index (κ1) is 57.3. The van der Waals surface area contributed by atoms with Crippen LogP contribution in [-0.4, -0.2) is 34.9 Å². The zero-order valence-electron chi connectivity index (χ0n) is 39.8. The second kappa shape index (κ2) is 50.7. The van der Waals surface area contributed by atoms with Gasteiger partial charge in [-0.1, -0.05) is 249 Å². The molecule has 1 amide bonds. The standard InChI is InChI=1S/C55H103NO3/c1-3-5-7-9-11-13-15-17-19-21-23-24-25-26-27-28-29-30-31-32-33-34-36-38-40-42-44-46-48-50-54(58)53(52-57)56-55(59)51-49-47-45-43-41-39-37-35-22-20-18-16-14-12-10-8-6-4-2/h20,22,33-34,40,42,48,50,53-54,57-58H,3-19,21,23-32,35-39,41,43-47,49,51-52H2,1-2H3,(H,56,59)/b22-20-,34-33+,42-40+,50-48+. The van der Waals surface area contributed by atoms with Crippen LogP contribution in [0.4, 0.5) is 0 Å². The van der Waals surface area contributed by atoms with E-state index in [9.17, 15) is 15.0 Å². The molecule has 2 atom stereocenters. The van der Waals surface area contributed by atoms with E-state index in [0.717, 1.165) is 38.5 Å². The van der Waals surface area contributed by atoms with E-state index in [1.54, 1.807) is 6.08 Å². The molecule has 0 aromatic heterocycles. The van der Waals surface area contributed by atoms with Crippen molar-refractivity contribution in [2.45, 2.75) is 289 Å². The average Bonchev–Trinajstić information content (AvgIpc) is 3.24. The van der Waals surface area contributed by atoms with Gasteiger partial charge in [-0.3, -0.25) is 4.79 Å². The van der Waals surface area contributed by atoms with Crippen LogP contribution in [0.2, 0.25) is 0 Å². The molecule has 4 nitrogen and oxygen atoms in total. The summed E-state index contributed by atoms with van der Waals surface area (Å²) in [6.07, 6.45) is 69.8. The number of hydrogen-bond donors (Lipinski definition) is 3. The molecular formula is C55H103NO3. The van der Waals surface area contributed by atoms with Gasteiger partial charge in [-0.25, -0.2) is 0 Å². The molecule has 59 heavy (non-hydrogen) atoms. The Morgan fingerprint density at radius 1 is 0.390 bits per heavy atom. The summed E-state index contributed by atoms with van der Waals surface area (Å²) < 4.78 is 0. The van der Waals surface area contributed by atoms with Gasteiger partial charge in [-0.05, 0) is 70.6 Å². The number of carbonyl (C=O) groups is 1. The normalized spacial score (nSPS) is 13.2. The lowest BCUT2D eigenvalue weighted by molar-refractivity contribution is -0.123. The van der Waals surface area contributed by atoms with Crippen molar-refractivity contribution in [3.05, 3.63) is 48.6 Å². The molecule has 0 bridgehead atoms. The Hall–Kier alpha value is -1.65. The first-order valence-electron chi connectivity index (χ1n) is 26.4. The van der Waals surface area contributed by atoms with Crippen LogP contribution in [0.5, 0.6) is 0 Å². The van der Waals surface area contributed by atoms with Crippen LogP contribution >= 0.6 is 0 Å². The summed E-state index contributed by atoms with van der Waals surface area (Å²) >= 11 is 0. The number of carbonyl (C=O) groups excluding carboxylic acids is 1. The van der Waals surface area contributed by atoms with Crippen LogP contribution < -0.4 is 5.32 Å². The van der Waals surface area contributed by atoms with E-state index < -0.39 is 12.1 Å². The lowest BCUT2D eigenvalue weighted by Crippen LogP contribution is -2.45. The molecule has 0 aliphatic heterocycles. The van der Waals surface area contributed by atoms with E-state index in [0.29, 0.717) is 6.42 Å². The summed E-state index contributed by atoms with van der Waals surface area (Å²) in [6, 6.07) is -0.649. The van der Waals surface area contributed by atoms with E-state index >= 15 is 0 Å². The fourth-order valence-corrected chi connectivity index (χ4v) is 7.97. The van der Waals surface area contributed by atoms with Crippen molar-refractivity contribution in [1.82, 2.24) is 5.32 Å². The Kier molecular flexibility index (Phi) is 49.3. The third-order valence-corrected chi connectivity index (χ3v) is 12.0. The minimum Gasteiger partial charge on any atom is -0.394 e. The Bertz CT molecular complexity index is 939. The Morgan fingerprint density at radius 3 is 0.983 bits per heavy atom. The van der Waals surface area contributed by atoms with Crippen molar-refractivity contribution in [2.24, 2.45) is 0 Å². The molecule has 0 aromatic rings. The molecule has 0 heterocycles. The highest BCUT2D eigenvalue weighted by Crippen LogP contribution is 2.16. The predicted octanol–water partition coefficient (Wildman–Crippen LogP) is 17.1. The monoisotopic (exact) mass is 826 g/mol. The topological polar surface area (TPSA) is 69.6 Å². The van der Waals surface area contributed by atoms with Gasteiger partial charge in [0.25, 0.3) is 0 Å². The second-order valence-electron chi connectivity index (χ2n) is 17.9. The van der Waals surface area contributed by atoms with E-state index in [4.69, 9.17) is 0 Å². The highest BCUT2D eigenvalue weighted by molar-refractivity contribution is 5.76. The van der Waals surface area contributed by atoms with E-state index in [-0.39, 0.29) is 12.5 Å². The number of hydrogen-bond acceptors (Lipinski definition) is 3. The molecule has 346 valence electrons. The summed E-state index contributed by atoms with van der Waals surface area (Å²) in [7, 11) is 0. The first-order chi connectivity index (χ1) is 29.2. The molecule has 0 aliphatic carbocycles. The number of aliphatic hydroxyl groups is 2. The van der Waals surface area contributed by atoms with Crippen molar-refractivity contribution in [2.75, 3.05) is 6.61 Å². The van der Waals surface area contributed by atoms with Gasteiger partial charge in [-0.2, -0.15) is 0 Å². The number of nitrogens with one attached hydrogen (secondary N) is 1. The Morgan fingerprint density at radius 2 is 0.661 bits per heavy atom.